The number of benzene rings is 9. The predicted molar refractivity (Wildman–Crippen MR) is 234 cm³/mol. The molecule has 0 saturated heterocycles. The lowest BCUT2D eigenvalue weighted by molar-refractivity contribution is 0.487. The monoisotopic (exact) mass is 716 g/mol. The summed E-state index contributed by atoms with van der Waals surface area (Å²) in [5.74, 6) is 1.76. The SMILES string of the molecule is CC1(C)c2ccccc2-c2ccc(-n3c4ccc(N(c5ccccc5)c5ccc6c(c5)Oc5cccc7cccc-6c57)cc4c4c5ccccc5ccc43)cc21. The van der Waals surface area contributed by atoms with Gasteiger partial charge in [0.1, 0.15) is 11.5 Å². The molecule has 0 spiro atoms. The van der Waals surface area contributed by atoms with Crippen LogP contribution in [0.25, 0.3) is 71.3 Å². The number of hydrogen-bond acceptors (Lipinski definition) is 2. The zero-order valence-electron chi connectivity index (χ0n) is 31.1. The van der Waals surface area contributed by atoms with E-state index in [-0.39, 0.29) is 5.41 Å². The van der Waals surface area contributed by atoms with E-state index < -0.39 is 0 Å². The van der Waals surface area contributed by atoms with Gasteiger partial charge in [-0.05, 0) is 111 Å². The molecule has 2 aliphatic rings. The molecule has 3 nitrogen and oxygen atoms in total. The molecular formula is C53H36N2O. The third-order valence-corrected chi connectivity index (χ3v) is 12.3. The van der Waals surface area contributed by atoms with Crippen LogP contribution >= 0.6 is 0 Å². The molecule has 0 atom stereocenters. The molecule has 0 amide bonds. The quantitative estimate of drug-likeness (QED) is 0.180. The Morgan fingerprint density at radius 1 is 0.429 bits per heavy atom. The summed E-state index contributed by atoms with van der Waals surface area (Å²) in [5.41, 5.74) is 14.4. The molecule has 0 bridgehead atoms. The van der Waals surface area contributed by atoms with Gasteiger partial charge in [-0.3, -0.25) is 0 Å². The summed E-state index contributed by atoms with van der Waals surface area (Å²) < 4.78 is 9.15. The molecule has 9 aromatic carbocycles. The number of fused-ring (bicyclic) bond motifs is 10. The highest BCUT2D eigenvalue weighted by Crippen LogP contribution is 2.51. The maximum absolute atomic E-state index is 6.68. The molecule has 2 heterocycles. The van der Waals surface area contributed by atoms with Crippen LogP contribution < -0.4 is 9.64 Å². The Labute approximate surface area is 325 Å². The summed E-state index contributed by atoms with van der Waals surface area (Å²) in [4.78, 5) is 2.35. The fourth-order valence-electron chi connectivity index (χ4n) is 9.74. The van der Waals surface area contributed by atoms with E-state index in [9.17, 15) is 0 Å². The zero-order chi connectivity index (χ0) is 37.1. The highest BCUT2D eigenvalue weighted by atomic mass is 16.5. The molecule has 1 aliphatic carbocycles. The lowest BCUT2D eigenvalue weighted by Gasteiger charge is -2.28. The fraction of sp³-hybridized carbons (Fsp3) is 0.0566. The first-order valence-corrected chi connectivity index (χ1v) is 19.4. The van der Waals surface area contributed by atoms with Crippen LogP contribution in [0, 0.1) is 0 Å². The van der Waals surface area contributed by atoms with Crippen molar-refractivity contribution in [3.63, 3.8) is 0 Å². The first-order valence-electron chi connectivity index (χ1n) is 19.4. The molecule has 10 aromatic rings. The average molecular weight is 717 g/mol. The van der Waals surface area contributed by atoms with Gasteiger partial charge in [0.15, 0.2) is 0 Å². The minimum absolute atomic E-state index is 0.0933. The van der Waals surface area contributed by atoms with E-state index in [1.807, 2.05) is 0 Å². The van der Waals surface area contributed by atoms with Gasteiger partial charge in [-0.2, -0.15) is 0 Å². The minimum Gasteiger partial charge on any atom is -0.456 e. The van der Waals surface area contributed by atoms with Crippen LogP contribution in [0.4, 0.5) is 17.1 Å². The highest BCUT2D eigenvalue weighted by Gasteiger charge is 2.35. The van der Waals surface area contributed by atoms with Gasteiger partial charge >= 0.3 is 0 Å². The average Bonchev–Trinajstić information content (AvgIpc) is 3.69. The van der Waals surface area contributed by atoms with Crippen molar-refractivity contribution in [2.75, 3.05) is 4.90 Å². The van der Waals surface area contributed by atoms with Gasteiger partial charge in [0.25, 0.3) is 0 Å². The number of ether oxygens (including phenoxy) is 1. The first-order chi connectivity index (χ1) is 27.5. The summed E-state index contributed by atoms with van der Waals surface area (Å²) >= 11 is 0. The maximum Gasteiger partial charge on any atom is 0.137 e. The highest BCUT2D eigenvalue weighted by molar-refractivity contribution is 6.22. The summed E-state index contributed by atoms with van der Waals surface area (Å²) in [7, 11) is 0. The van der Waals surface area contributed by atoms with Crippen molar-refractivity contribution in [2.24, 2.45) is 0 Å². The van der Waals surface area contributed by atoms with Crippen LogP contribution in [0.1, 0.15) is 25.0 Å². The van der Waals surface area contributed by atoms with E-state index in [1.54, 1.807) is 0 Å². The normalized spacial score (nSPS) is 13.5. The van der Waals surface area contributed by atoms with Gasteiger partial charge in [0.05, 0.1) is 11.0 Å². The van der Waals surface area contributed by atoms with E-state index in [0.29, 0.717) is 0 Å². The van der Waals surface area contributed by atoms with Gasteiger partial charge in [0.2, 0.25) is 0 Å². The van der Waals surface area contributed by atoms with Crippen LogP contribution in [0.2, 0.25) is 0 Å². The van der Waals surface area contributed by atoms with E-state index in [4.69, 9.17) is 4.74 Å². The van der Waals surface area contributed by atoms with Crippen molar-refractivity contribution >= 4 is 60.4 Å². The van der Waals surface area contributed by atoms with E-state index in [2.05, 4.69) is 205 Å². The molecular weight excluding hydrogens is 681 g/mol. The van der Waals surface area contributed by atoms with E-state index >= 15 is 0 Å². The number of hydrogen-bond donors (Lipinski definition) is 0. The molecule has 0 fully saturated rings. The number of rotatable bonds is 4. The predicted octanol–water partition coefficient (Wildman–Crippen LogP) is 14.6. The first kappa shape index (κ1) is 31.3. The second-order valence-corrected chi connectivity index (χ2v) is 15.7. The molecule has 0 saturated carbocycles. The molecule has 0 N–H and O–H groups in total. The van der Waals surface area contributed by atoms with Crippen molar-refractivity contribution < 1.29 is 4.74 Å². The van der Waals surface area contributed by atoms with Crippen LogP contribution in [-0.4, -0.2) is 4.57 Å². The molecule has 0 radical (unpaired) electrons. The van der Waals surface area contributed by atoms with Crippen LogP contribution in [0.3, 0.4) is 0 Å². The van der Waals surface area contributed by atoms with Gasteiger partial charge in [-0.15, -0.1) is 0 Å². The van der Waals surface area contributed by atoms with Crippen molar-refractivity contribution in [1.82, 2.24) is 4.57 Å². The van der Waals surface area contributed by atoms with Crippen molar-refractivity contribution in [3.8, 4) is 39.4 Å². The zero-order valence-corrected chi connectivity index (χ0v) is 31.1. The summed E-state index contributed by atoms with van der Waals surface area (Å²) in [6, 6.07) is 66.4. The summed E-state index contributed by atoms with van der Waals surface area (Å²) in [6.45, 7) is 4.71. The maximum atomic E-state index is 6.68. The lowest BCUT2D eigenvalue weighted by atomic mass is 9.82. The second-order valence-electron chi connectivity index (χ2n) is 15.7. The number of aromatic nitrogens is 1. The molecule has 3 heteroatoms. The van der Waals surface area contributed by atoms with Gasteiger partial charge in [-0.1, -0.05) is 123 Å². The lowest BCUT2D eigenvalue weighted by Crippen LogP contribution is -2.15. The van der Waals surface area contributed by atoms with Crippen LogP contribution in [0.5, 0.6) is 11.5 Å². The Bertz CT molecular complexity index is 3260. The number of anilines is 3. The summed E-state index contributed by atoms with van der Waals surface area (Å²) in [5, 5.41) is 7.32. The Hall–Kier alpha value is -7.10. The standard InChI is InChI=1S/C53H36N2O/c1-53(2)45-20-9-8-18-40(45)41-26-23-37(31-46(41)53)55-47-29-25-36(30-44(47)52-39-17-7-6-12-33(39)22-28-48(52)55)54(35-15-4-3-5-16-35)38-24-27-42-43-19-10-13-34-14-11-21-49(51(34)43)56-50(42)32-38/h3-32H,1-2H3. The Morgan fingerprint density at radius 2 is 1.12 bits per heavy atom. The Balaban J connectivity index is 1.08. The summed E-state index contributed by atoms with van der Waals surface area (Å²) in [6.07, 6.45) is 0. The third-order valence-electron chi connectivity index (χ3n) is 12.3. The van der Waals surface area contributed by atoms with Gasteiger partial charge < -0.3 is 14.2 Å². The molecule has 264 valence electrons. The van der Waals surface area contributed by atoms with Crippen LogP contribution in [-0.2, 0) is 5.41 Å². The van der Waals surface area contributed by atoms with Crippen molar-refractivity contribution in [3.05, 3.63) is 193 Å². The van der Waals surface area contributed by atoms with Gasteiger partial charge in [-0.25, -0.2) is 0 Å². The molecule has 0 unspecified atom stereocenters. The third kappa shape index (κ3) is 4.34. The minimum atomic E-state index is -0.0933. The smallest absolute Gasteiger partial charge is 0.137 e. The molecule has 1 aliphatic heterocycles. The molecule has 1 aromatic heterocycles. The van der Waals surface area contributed by atoms with Crippen LogP contribution in [0.15, 0.2) is 182 Å². The van der Waals surface area contributed by atoms with E-state index in [0.717, 1.165) is 34.1 Å². The van der Waals surface area contributed by atoms with Gasteiger partial charge in [0, 0.05) is 56.0 Å². The largest absolute Gasteiger partial charge is 0.456 e. The number of para-hydroxylation sites is 1. The Morgan fingerprint density at radius 3 is 2.04 bits per heavy atom. The molecule has 12 rings (SSSR count). The number of nitrogens with zero attached hydrogens (tertiary/aromatic N) is 2. The topological polar surface area (TPSA) is 17.4 Å². The molecule has 56 heavy (non-hydrogen) atoms. The fourth-order valence-corrected chi connectivity index (χ4v) is 9.74. The Kier molecular flexibility index (Phi) is 6.40. The van der Waals surface area contributed by atoms with Crippen molar-refractivity contribution in [2.45, 2.75) is 19.3 Å². The van der Waals surface area contributed by atoms with Crippen molar-refractivity contribution in [1.29, 1.82) is 0 Å². The van der Waals surface area contributed by atoms with E-state index in [1.165, 1.54) is 76.9 Å². The second kappa shape index (κ2) is 11.5.